The average Bonchev–Trinajstić information content (AvgIpc) is 2.78. The maximum absolute atomic E-state index is 11.7. The van der Waals surface area contributed by atoms with Crippen LogP contribution in [0.2, 0.25) is 0 Å². The Bertz CT molecular complexity index is 933. The maximum Gasteiger partial charge on any atom is 0.248 e. The lowest BCUT2D eigenvalue weighted by atomic mass is 9.67. The summed E-state index contributed by atoms with van der Waals surface area (Å²) in [7, 11) is 1.76. The van der Waals surface area contributed by atoms with Crippen molar-refractivity contribution in [2.45, 2.75) is 50.8 Å². The molecule has 0 aromatic heterocycles. The second-order valence-corrected chi connectivity index (χ2v) is 9.22. The number of amides is 1. The normalized spacial score (nSPS) is 19.1. The van der Waals surface area contributed by atoms with Crippen molar-refractivity contribution in [3.63, 3.8) is 0 Å². The molecule has 7 heteroatoms. The van der Waals surface area contributed by atoms with Crippen molar-refractivity contribution in [3.8, 4) is 0 Å². The smallest absolute Gasteiger partial charge is 0.248 e. The Hall–Kier alpha value is -2.48. The lowest BCUT2D eigenvalue weighted by Gasteiger charge is -2.45. The van der Waals surface area contributed by atoms with Crippen molar-refractivity contribution in [1.29, 1.82) is 0 Å². The summed E-state index contributed by atoms with van der Waals surface area (Å²) in [6.07, 6.45) is 1.78. The Morgan fingerprint density at radius 3 is 2.59 bits per heavy atom. The summed E-state index contributed by atoms with van der Waals surface area (Å²) < 4.78 is 5.84. The molecule has 0 unspecified atom stereocenters. The molecule has 1 aliphatic rings. The summed E-state index contributed by atoms with van der Waals surface area (Å²) in [6, 6.07) is 16.1. The summed E-state index contributed by atoms with van der Waals surface area (Å²) in [5.74, 6) is -0.398. The number of nitrogens with one attached hydrogen (secondary N) is 3. The molecule has 172 valence electrons. The van der Waals surface area contributed by atoms with Gasteiger partial charge in [-0.25, -0.2) is 0 Å². The molecule has 0 heterocycles. The highest BCUT2D eigenvalue weighted by Crippen LogP contribution is 2.38. The number of methoxy groups -OCH3 is 1. The van der Waals surface area contributed by atoms with Gasteiger partial charge in [-0.1, -0.05) is 50.2 Å². The number of hydrogen-bond donors (Lipinski definition) is 4. The van der Waals surface area contributed by atoms with Crippen molar-refractivity contribution in [1.82, 2.24) is 16.0 Å². The monoisotopic (exact) mass is 454 g/mol. The van der Waals surface area contributed by atoms with Crippen LogP contribution in [0.25, 0.3) is 0 Å². The molecule has 0 radical (unpaired) electrons. The predicted molar refractivity (Wildman–Crippen MR) is 133 cm³/mol. The van der Waals surface area contributed by atoms with Gasteiger partial charge in [0, 0.05) is 43.6 Å². The van der Waals surface area contributed by atoms with Crippen LogP contribution in [0.4, 0.5) is 0 Å². The van der Waals surface area contributed by atoms with Crippen LogP contribution in [-0.2, 0) is 23.1 Å². The number of benzene rings is 2. The van der Waals surface area contributed by atoms with Gasteiger partial charge in [-0.15, -0.1) is 0 Å². The van der Waals surface area contributed by atoms with Gasteiger partial charge in [0.25, 0.3) is 0 Å². The topological polar surface area (TPSA) is 88.4 Å². The van der Waals surface area contributed by atoms with Crippen LogP contribution in [0.3, 0.4) is 0 Å². The second-order valence-electron chi connectivity index (χ2n) is 8.82. The molecule has 5 N–H and O–H groups in total. The molecule has 0 saturated heterocycles. The van der Waals surface area contributed by atoms with Crippen molar-refractivity contribution in [2.24, 2.45) is 5.73 Å². The Morgan fingerprint density at radius 1 is 1.16 bits per heavy atom. The Kier molecular flexibility index (Phi) is 8.23. The fraction of sp³-hybridized carbons (Fsp3) is 0.440. The van der Waals surface area contributed by atoms with E-state index in [2.05, 4.69) is 41.9 Å². The van der Waals surface area contributed by atoms with Crippen molar-refractivity contribution >= 4 is 23.2 Å². The fourth-order valence-electron chi connectivity index (χ4n) is 4.47. The number of fused-ring (bicyclic) bond motifs is 1. The van der Waals surface area contributed by atoms with Crippen LogP contribution in [0, 0.1) is 0 Å². The largest absolute Gasteiger partial charge is 0.379 e. The van der Waals surface area contributed by atoms with Gasteiger partial charge < -0.3 is 26.4 Å². The highest BCUT2D eigenvalue weighted by molar-refractivity contribution is 7.80. The zero-order chi connectivity index (χ0) is 23.1. The number of hydrogen-bond acceptors (Lipinski definition) is 4. The first kappa shape index (κ1) is 24.2. The summed E-state index contributed by atoms with van der Waals surface area (Å²) in [5, 5.41) is 10.9. The lowest BCUT2D eigenvalue weighted by molar-refractivity contribution is 0.0356. The number of primary amides is 1. The molecule has 0 aliphatic heterocycles. The summed E-state index contributed by atoms with van der Waals surface area (Å²) in [5.41, 5.74) is 9.42. The third-order valence-corrected chi connectivity index (χ3v) is 6.55. The fourth-order valence-corrected chi connectivity index (χ4v) is 4.64. The van der Waals surface area contributed by atoms with Gasteiger partial charge in [0.15, 0.2) is 5.11 Å². The molecule has 6 nitrogen and oxygen atoms in total. The number of ether oxygens (including phenoxy) is 1. The van der Waals surface area contributed by atoms with E-state index < -0.39 is 5.91 Å². The van der Waals surface area contributed by atoms with Crippen LogP contribution >= 0.6 is 12.2 Å². The highest BCUT2D eigenvalue weighted by Gasteiger charge is 2.42. The van der Waals surface area contributed by atoms with Crippen LogP contribution < -0.4 is 21.7 Å². The van der Waals surface area contributed by atoms with E-state index in [9.17, 15) is 4.79 Å². The van der Waals surface area contributed by atoms with E-state index in [0.29, 0.717) is 17.2 Å². The first-order chi connectivity index (χ1) is 15.3. The number of carbonyl (C=O) groups is 1. The molecule has 2 aromatic rings. The summed E-state index contributed by atoms with van der Waals surface area (Å²) >= 11 is 5.38. The molecule has 0 fully saturated rings. The molecule has 1 aliphatic carbocycles. The van der Waals surface area contributed by atoms with Gasteiger partial charge in [-0.2, -0.15) is 0 Å². The zero-order valence-corrected chi connectivity index (χ0v) is 19.9. The van der Waals surface area contributed by atoms with E-state index >= 15 is 0 Å². The van der Waals surface area contributed by atoms with E-state index in [1.165, 1.54) is 11.1 Å². The second kappa shape index (κ2) is 10.9. The van der Waals surface area contributed by atoms with E-state index in [-0.39, 0.29) is 17.6 Å². The van der Waals surface area contributed by atoms with E-state index in [4.69, 9.17) is 22.7 Å². The molecule has 2 atom stereocenters. The standard InChI is InChI=1S/C25H34N4O2S/c1-25(2)20-14-19(23(26)30)11-10-18(20)15-21(31-3)22(25)27-12-7-13-28-24(32)29-16-17-8-5-4-6-9-17/h4-6,8-11,14,21-22,27H,7,12-13,15-16H2,1-3H3,(H2,26,30)(H2,28,29,32)/t21-,22+/m0/s1. The van der Waals surface area contributed by atoms with Gasteiger partial charge in [-0.05, 0) is 54.0 Å². The van der Waals surface area contributed by atoms with Crippen LogP contribution in [-0.4, -0.2) is 43.4 Å². The van der Waals surface area contributed by atoms with Gasteiger partial charge in [0.1, 0.15) is 0 Å². The lowest BCUT2D eigenvalue weighted by Crippen LogP contribution is -2.57. The highest BCUT2D eigenvalue weighted by atomic mass is 32.1. The minimum atomic E-state index is -0.398. The quantitative estimate of drug-likeness (QED) is 0.344. The van der Waals surface area contributed by atoms with Gasteiger partial charge in [0.05, 0.1) is 6.10 Å². The molecular weight excluding hydrogens is 420 g/mol. The van der Waals surface area contributed by atoms with Crippen LogP contribution in [0.15, 0.2) is 48.5 Å². The number of thiocarbonyl (C=S) groups is 1. The molecule has 1 amide bonds. The maximum atomic E-state index is 11.7. The molecule has 2 aromatic carbocycles. The molecule has 0 spiro atoms. The third-order valence-electron chi connectivity index (χ3n) is 6.26. The SMILES string of the molecule is CO[C@H]1Cc2ccc(C(N)=O)cc2C(C)(C)[C@@H]1NCCCNC(=S)NCc1ccccc1. The Morgan fingerprint density at radius 2 is 1.91 bits per heavy atom. The molecule has 0 saturated carbocycles. The minimum absolute atomic E-state index is 0.0542. The van der Waals surface area contributed by atoms with Gasteiger partial charge >= 0.3 is 0 Å². The molecule has 32 heavy (non-hydrogen) atoms. The average molecular weight is 455 g/mol. The zero-order valence-electron chi connectivity index (χ0n) is 19.1. The Labute approximate surface area is 196 Å². The number of carbonyl (C=O) groups excluding carboxylic acids is 1. The first-order valence-corrected chi connectivity index (χ1v) is 11.5. The van der Waals surface area contributed by atoms with Gasteiger partial charge in [-0.3, -0.25) is 4.79 Å². The summed E-state index contributed by atoms with van der Waals surface area (Å²) in [6.45, 7) is 6.71. The van der Waals surface area contributed by atoms with E-state index in [0.717, 1.165) is 31.5 Å². The van der Waals surface area contributed by atoms with Crippen LogP contribution in [0.1, 0.15) is 47.3 Å². The van der Waals surface area contributed by atoms with Crippen molar-refractivity contribution < 1.29 is 9.53 Å². The van der Waals surface area contributed by atoms with E-state index in [1.54, 1.807) is 13.2 Å². The van der Waals surface area contributed by atoms with Crippen molar-refractivity contribution in [3.05, 3.63) is 70.8 Å². The third kappa shape index (κ3) is 5.85. The predicted octanol–water partition coefficient (Wildman–Crippen LogP) is 2.65. The number of rotatable bonds is 9. The van der Waals surface area contributed by atoms with Gasteiger partial charge in [0.2, 0.25) is 5.91 Å². The minimum Gasteiger partial charge on any atom is -0.379 e. The first-order valence-electron chi connectivity index (χ1n) is 11.1. The summed E-state index contributed by atoms with van der Waals surface area (Å²) in [4.78, 5) is 11.7. The molecule has 0 bridgehead atoms. The van der Waals surface area contributed by atoms with Crippen LogP contribution in [0.5, 0.6) is 0 Å². The van der Waals surface area contributed by atoms with E-state index in [1.807, 2.05) is 30.3 Å². The number of nitrogens with two attached hydrogens (primary N) is 1. The molecule has 3 rings (SSSR count). The Balaban J connectivity index is 1.51. The van der Waals surface area contributed by atoms with Crippen molar-refractivity contribution in [2.75, 3.05) is 20.2 Å². The molecular formula is C25H34N4O2S.